The summed E-state index contributed by atoms with van der Waals surface area (Å²) in [5.74, 6) is -5.15. The van der Waals surface area contributed by atoms with Crippen LogP contribution in [-0.4, -0.2) is 37.6 Å². The average molecular weight is 1190 g/mol. The van der Waals surface area contributed by atoms with Gasteiger partial charge in [0, 0.05) is 45.9 Å². The fraction of sp³-hybridized carbons (Fsp3) is 0.169. The van der Waals surface area contributed by atoms with Crippen LogP contribution in [0.2, 0.25) is 0 Å². The monoisotopic (exact) mass is 1190 g/mol. The molecule has 10 aromatic carbocycles. The van der Waals surface area contributed by atoms with Gasteiger partial charge < -0.3 is 10.2 Å². The van der Waals surface area contributed by atoms with Crippen molar-refractivity contribution in [2.75, 3.05) is 0 Å². The first-order valence-corrected chi connectivity index (χ1v) is 30.2. The lowest BCUT2D eigenvalue weighted by Crippen LogP contribution is -2.53. The van der Waals surface area contributed by atoms with Crippen LogP contribution in [0.4, 0.5) is 0 Å². The van der Waals surface area contributed by atoms with Crippen molar-refractivity contribution in [1.82, 2.24) is 0 Å². The predicted molar refractivity (Wildman–Crippen MR) is 345 cm³/mol. The van der Waals surface area contributed by atoms with Crippen molar-refractivity contribution < 1.29 is 29.4 Å². The quantitative estimate of drug-likeness (QED) is 0.0829. The van der Waals surface area contributed by atoms with E-state index in [-0.39, 0.29) is 47.8 Å². The molecule has 0 heterocycles. The van der Waals surface area contributed by atoms with Crippen LogP contribution < -0.4 is 0 Å². The lowest BCUT2D eigenvalue weighted by Gasteiger charge is -2.51. The summed E-state index contributed by atoms with van der Waals surface area (Å²) in [6, 6.07) is 95.5. The Balaban J connectivity index is 0.000000180. The maximum Gasteiger partial charge on any atom is 0.180 e. The van der Waals surface area contributed by atoms with E-state index in [1.807, 2.05) is 279 Å². The minimum Gasteiger partial charge on any atom is -0.384 e. The number of benzene rings is 10. The van der Waals surface area contributed by atoms with Crippen LogP contribution in [0, 0.1) is 23.7 Å². The van der Waals surface area contributed by atoms with Gasteiger partial charge in [-0.15, -0.1) is 0 Å². The first-order valence-electron chi connectivity index (χ1n) is 28.9. The minimum atomic E-state index is -1.53. The molecule has 0 saturated heterocycles. The van der Waals surface area contributed by atoms with Crippen LogP contribution in [-0.2, 0) is 11.2 Å². The molecule has 0 unspecified atom stereocenters. The van der Waals surface area contributed by atoms with Gasteiger partial charge in [0.15, 0.2) is 27.4 Å². The summed E-state index contributed by atoms with van der Waals surface area (Å²) in [6.45, 7) is 0. The van der Waals surface area contributed by atoms with Crippen molar-refractivity contribution in [1.29, 1.82) is 0 Å². The molecule has 10 aromatic rings. The van der Waals surface area contributed by atoms with E-state index in [4.69, 9.17) is 34.8 Å². The first-order chi connectivity index (χ1) is 41.9. The fourth-order valence-corrected chi connectivity index (χ4v) is 13.5. The number of ketones is 4. The third-order valence-corrected chi connectivity index (χ3v) is 17.2. The highest BCUT2D eigenvalue weighted by Gasteiger charge is 2.60. The number of hydrogen-bond acceptors (Lipinski definition) is 6. The van der Waals surface area contributed by atoms with Crippen molar-refractivity contribution in [3.63, 3.8) is 0 Å². The zero-order chi connectivity index (χ0) is 60.0. The van der Waals surface area contributed by atoms with Crippen molar-refractivity contribution in [3.8, 4) is 0 Å². The summed E-state index contributed by atoms with van der Waals surface area (Å²) in [5, 5.41) is 25.9. The van der Waals surface area contributed by atoms with E-state index in [0.29, 0.717) is 33.4 Å². The van der Waals surface area contributed by atoms with Crippen LogP contribution >= 0.6 is 34.8 Å². The summed E-state index contributed by atoms with van der Waals surface area (Å²) < 4.78 is -0.750. The maximum atomic E-state index is 14.6. The number of hydrogen-bond donors (Lipinski definition) is 2. The number of rotatable bonds is 14. The van der Waals surface area contributed by atoms with E-state index in [9.17, 15) is 29.4 Å². The van der Waals surface area contributed by atoms with Gasteiger partial charge in [-0.2, -0.15) is 0 Å². The maximum absolute atomic E-state index is 14.6. The molecule has 86 heavy (non-hydrogen) atoms. The van der Waals surface area contributed by atoms with Crippen LogP contribution in [0.1, 0.15) is 111 Å². The van der Waals surface area contributed by atoms with Crippen molar-refractivity contribution >= 4 is 57.9 Å². The Morgan fingerprint density at radius 1 is 0.302 bits per heavy atom. The molecule has 0 spiro atoms. The standard InChI is InChI=1S/2C38H32O3.CHCl3/c2*39-36(29-20-10-3-11-21-29)34-32(27-16-6-1-7-17-27)26-38(41,31-24-14-5-15-25-31)35(33(34)28-18-8-2-9-19-28)37(40)30-22-12-4-13-23-30;2-1(3)4/h2*1-25,32-35,41H,26H2;1H/t2*32-,33+,34-,35+,38-;/m10./s1. The highest BCUT2D eigenvalue weighted by Crippen LogP contribution is 2.60. The number of aliphatic hydroxyl groups is 2. The van der Waals surface area contributed by atoms with Gasteiger partial charge in [-0.3, -0.25) is 19.2 Å². The van der Waals surface area contributed by atoms with E-state index < -0.39 is 51.0 Å². The number of halogens is 3. The normalized spacial score (nSPS) is 23.2. The average Bonchev–Trinajstić information content (AvgIpc) is 0.878. The van der Waals surface area contributed by atoms with Gasteiger partial charge in [0.1, 0.15) is 11.2 Å². The van der Waals surface area contributed by atoms with E-state index >= 15 is 0 Å². The minimum absolute atomic E-state index is 0.0192. The number of alkyl halides is 3. The molecule has 0 aromatic heterocycles. The van der Waals surface area contributed by atoms with Gasteiger partial charge >= 0.3 is 0 Å². The molecule has 0 amide bonds. The Hall–Kier alpha value is -8.33. The summed E-state index contributed by atoms with van der Waals surface area (Å²) in [6.07, 6.45) is 0.466. The lowest BCUT2D eigenvalue weighted by atomic mass is 9.52. The van der Waals surface area contributed by atoms with E-state index in [1.54, 1.807) is 24.3 Å². The summed E-state index contributed by atoms with van der Waals surface area (Å²) in [7, 11) is 0. The second-order valence-corrected chi connectivity index (χ2v) is 24.1. The molecule has 0 bridgehead atoms. The molecule has 10 atom stereocenters. The topological polar surface area (TPSA) is 109 Å². The van der Waals surface area contributed by atoms with Gasteiger partial charge in [0.25, 0.3) is 0 Å². The molecule has 2 aliphatic carbocycles. The predicted octanol–water partition coefficient (Wildman–Crippen LogP) is 17.7. The van der Waals surface area contributed by atoms with Crippen molar-refractivity contribution in [3.05, 3.63) is 359 Å². The van der Waals surface area contributed by atoms with Gasteiger partial charge in [0.05, 0.1) is 11.8 Å². The van der Waals surface area contributed by atoms with E-state index in [1.165, 1.54) is 0 Å². The van der Waals surface area contributed by atoms with Gasteiger partial charge in [0.2, 0.25) is 0 Å². The van der Waals surface area contributed by atoms with E-state index in [2.05, 4.69) is 0 Å². The molecule has 6 nitrogen and oxygen atoms in total. The SMILES string of the molecule is ClC(Cl)Cl.O=C(c1ccccc1)[C@@H]1[C@@H](c2ccccc2)[C@H](C(=O)c2ccccc2)[C@@](O)(c2ccccc2)C[C@H]1c1ccccc1.O=C(c1ccccc1)[C@H]1[C@H](c2ccccc2)[C@@H](C(=O)c2ccccc2)[C@](O)(c2ccccc2)C[C@@H]1c1ccccc1. The van der Waals surface area contributed by atoms with Crippen LogP contribution in [0.25, 0.3) is 0 Å². The zero-order valence-corrected chi connectivity index (χ0v) is 49.4. The third-order valence-electron chi connectivity index (χ3n) is 17.2. The smallest absolute Gasteiger partial charge is 0.180 e. The number of Topliss-reactive ketones (excluding diaryl/α,β-unsaturated/α-hetero) is 4. The molecule has 2 saturated carbocycles. The Morgan fingerprint density at radius 2 is 0.500 bits per heavy atom. The lowest BCUT2D eigenvalue weighted by molar-refractivity contribution is -0.0698. The summed E-state index contributed by atoms with van der Waals surface area (Å²) in [5.41, 5.74) is 4.26. The van der Waals surface area contributed by atoms with Crippen LogP contribution in [0.3, 0.4) is 0 Å². The highest BCUT2D eigenvalue weighted by atomic mass is 35.6. The van der Waals surface area contributed by atoms with Gasteiger partial charge in [-0.05, 0) is 58.1 Å². The molecular formula is C77H65Cl3O6. The molecule has 12 rings (SSSR count). The van der Waals surface area contributed by atoms with Crippen molar-refractivity contribution in [2.45, 2.75) is 52.0 Å². The second-order valence-electron chi connectivity index (χ2n) is 22.1. The third kappa shape index (κ3) is 13.4. The molecular weight excluding hydrogens is 1130 g/mol. The Labute approximate surface area is 518 Å². The summed E-state index contributed by atoms with van der Waals surface area (Å²) in [4.78, 5) is 58.6. The molecule has 2 aliphatic rings. The van der Waals surface area contributed by atoms with Gasteiger partial charge in [-0.1, -0.05) is 338 Å². The molecule has 430 valence electrons. The Morgan fingerprint density at radius 3 is 0.744 bits per heavy atom. The Bertz CT molecular complexity index is 3520. The largest absolute Gasteiger partial charge is 0.384 e. The van der Waals surface area contributed by atoms with Gasteiger partial charge in [-0.25, -0.2) is 0 Å². The van der Waals surface area contributed by atoms with Crippen LogP contribution in [0.15, 0.2) is 303 Å². The molecule has 2 fully saturated rings. The fourth-order valence-electron chi connectivity index (χ4n) is 13.5. The number of carbonyl (C=O) groups excluding carboxylic acids is 4. The van der Waals surface area contributed by atoms with Crippen LogP contribution in [0.5, 0.6) is 0 Å². The Kier molecular flexibility index (Phi) is 20.0. The molecule has 0 aliphatic heterocycles. The summed E-state index contributed by atoms with van der Waals surface area (Å²) >= 11 is 14.4. The van der Waals surface area contributed by atoms with Crippen molar-refractivity contribution in [2.24, 2.45) is 23.7 Å². The number of carbonyl (C=O) groups is 4. The van der Waals surface area contributed by atoms with E-state index in [0.717, 1.165) is 22.3 Å². The molecule has 9 heteroatoms. The first kappa shape index (κ1) is 60.8. The molecule has 0 radical (unpaired) electrons. The second kappa shape index (κ2) is 28.2. The zero-order valence-electron chi connectivity index (χ0n) is 47.1. The molecule has 2 N–H and O–H groups in total. The highest BCUT2D eigenvalue weighted by molar-refractivity contribution is 6.63.